The fourth-order valence-electron chi connectivity index (χ4n) is 4.42. The van der Waals surface area contributed by atoms with Crippen molar-refractivity contribution in [3.05, 3.63) is 73.3 Å². The number of benzene rings is 2. The van der Waals surface area contributed by atoms with E-state index in [1.807, 2.05) is 36.4 Å². The molecule has 2 atom stereocenters. The lowest BCUT2D eigenvalue weighted by Gasteiger charge is -2.41. The van der Waals surface area contributed by atoms with Gasteiger partial charge in [-0.15, -0.1) is 6.58 Å². The van der Waals surface area contributed by atoms with Gasteiger partial charge < -0.3 is 9.90 Å². The molecule has 0 aliphatic carbocycles. The van der Waals surface area contributed by atoms with E-state index < -0.39 is 8.32 Å². The van der Waals surface area contributed by atoms with Crippen molar-refractivity contribution in [2.45, 2.75) is 70.4 Å². The molecular weight excluding hydrogens is 372 g/mol. The minimum Gasteiger partial charge on any atom is -0.424 e. The second kappa shape index (κ2) is 10.9. The van der Waals surface area contributed by atoms with Crippen LogP contribution in [-0.4, -0.2) is 24.3 Å². The van der Waals surface area contributed by atoms with Crippen LogP contribution in [-0.2, 0) is 0 Å². The number of aliphatic hydroxyl groups excluding tert-OH is 1. The van der Waals surface area contributed by atoms with Crippen molar-refractivity contribution < 1.29 is 9.90 Å². The van der Waals surface area contributed by atoms with Gasteiger partial charge >= 0.3 is 0 Å². The number of unbranched alkanes of at least 4 members (excludes halogenated alkanes) is 1. The van der Waals surface area contributed by atoms with Gasteiger partial charge in [0.2, 0.25) is 0 Å². The summed E-state index contributed by atoms with van der Waals surface area (Å²) in [6, 6.07) is 20.5. The average Bonchev–Trinajstić information content (AvgIpc) is 2.72. The zero-order valence-electron chi connectivity index (χ0n) is 18.3. The van der Waals surface area contributed by atoms with Crippen LogP contribution in [0.15, 0.2) is 73.3 Å². The molecule has 0 amide bonds. The molecule has 0 fully saturated rings. The van der Waals surface area contributed by atoms with Crippen LogP contribution < -0.4 is 10.4 Å². The van der Waals surface area contributed by atoms with Gasteiger partial charge in [-0.1, -0.05) is 107 Å². The highest BCUT2D eigenvalue weighted by Gasteiger charge is 2.49. The molecule has 29 heavy (non-hydrogen) atoms. The monoisotopic (exact) mass is 410 g/mol. The molecule has 0 aliphatic rings. The Morgan fingerprint density at radius 1 is 0.966 bits per heavy atom. The van der Waals surface area contributed by atoms with Gasteiger partial charge in [0.1, 0.15) is 0 Å². The van der Waals surface area contributed by atoms with Gasteiger partial charge in [0.05, 0.1) is 6.10 Å². The van der Waals surface area contributed by atoms with Crippen molar-refractivity contribution in [3.63, 3.8) is 0 Å². The fraction of sp³-hybridized carbons (Fsp3) is 0.462. The maximum absolute atomic E-state index is 12.2. The van der Waals surface area contributed by atoms with Gasteiger partial charge in [0.15, 0.2) is 0 Å². The zero-order chi connectivity index (χ0) is 21.3. The maximum atomic E-state index is 12.2. The second-order valence-corrected chi connectivity index (χ2v) is 13.0. The largest absolute Gasteiger partial charge is 0.424 e. The predicted molar refractivity (Wildman–Crippen MR) is 127 cm³/mol. The van der Waals surface area contributed by atoms with Crippen molar-refractivity contribution in [2.75, 3.05) is 0 Å². The van der Waals surface area contributed by atoms with Crippen LogP contribution in [0.2, 0.25) is 5.04 Å². The lowest BCUT2D eigenvalue weighted by Crippen LogP contribution is -2.65. The smallest absolute Gasteiger partial charge is 0.258 e. The van der Waals surface area contributed by atoms with Crippen LogP contribution in [0.4, 0.5) is 0 Å². The summed E-state index contributed by atoms with van der Waals surface area (Å²) in [4.78, 5) is 12.2. The highest BCUT2D eigenvalue weighted by atomic mass is 28.4. The molecule has 3 heteroatoms. The van der Waals surface area contributed by atoms with E-state index in [0.29, 0.717) is 12.3 Å². The quantitative estimate of drug-likeness (QED) is 0.292. The van der Waals surface area contributed by atoms with Crippen LogP contribution in [0.5, 0.6) is 0 Å². The minimum absolute atomic E-state index is 0.179. The van der Waals surface area contributed by atoms with Gasteiger partial charge in [-0.3, -0.25) is 0 Å². The third kappa shape index (κ3) is 6.15. The molecule has 0 bridgehead atoms. The first-order valence-corrected chi connectivity index (χ1v) is 12.9. The highest BCUT2D eigenvalue weighted by molar-refractivity contribution is 6.98. The van der Waals surface area contributed by atoms with Crippen molar-refractivity contribution in [1.82, 2.24) is 0 Å². The molecule has 2 rings (SSSR count). The molecule has 0 radical (unpaired) electrons. The summed E-state index contributed by atoms with van der Waals surface area (Å²) < 4.78 is 0. The molecule has 2 N–H and O–H groups in total. The Hall–Kier alpha value is -1.68. The molecule has 158 valence electrons. The molecular formula is C26H38O2Si. The Morgan fingerprint density at radius 3 is 1.97 bits per heavy atom. The van der Waals surface area contributed by atoms with Gasteiger partial charge in [-0.05, 0) is 40.6 Å². The second-order valence-electron chi connectivity index (χ2n) is 9.09. The van der Waals surface area contributed by atoms with E-state index in [2.05, 4.69) is 51.6 Å². The standard InChI is InChI=1S/C26H38O2Si/c1-5-14-23(27)21-22(2)15-12-13-20-26(3,4)29(28,24-16-8-6-9-17-24)25-18-10-7-11-19-25/h5-11,16-19,22-23,27-28H,1,12-15,20-21H2,2-4H3/t22-,23-/m0/s1. The molecule has 0 saturated carbocycles. The average molecular weight is 411 g/mol. The molecule has 2 aromatic rings. The number of hydrogen-bond donors (Lipinski definition) is 2. The summed E-state index contributed by atoms with van der Waals surface area (Å²) in [5.41, 5.74) is 0. The third-order valence-corrected chi connectivity index (χ3v) is 10.8. The molecule has 2 aromatic carbocycles. The maximum Gasteiger partial charge on any atom is 0.258 e. The molecule has 0 heterocycles. The molecule has 0 aromatic heterocycles. The Morgan fingerprint density at radius 2 is 1.48 bits per heavy atom. The Bertz CT molecular complexity index is 687. The van der Waals surface area contributed by atoms with E-state index in [-0.39, 0.29) is 11.1 Å². The van der Waals surface area contributed by atoms with Crippen LogP contribution >= 0.6 is 0 Å². The lowest BCUT2D eigenvalue weighted by atomic mass is 9.94. The highest BCUT2D eigenvalue weighted by Crippen LogP contribution is 2.40. The Labute approximate surface area is 178 Å². The van der Waals surface area contributed by atoms with E-state index >= 15 is 0 Å². The number of hydrogen-bond acceptors (Lipinski definition) is 2. The summed E-state index contributed by atoms with van der Waals surface area (Å²) in [6.45, 7) is 10.4. The summed E-state index contributed by atoms with van der Waals surface area (Å²) in [5.74, 6) is 0.507. The summed E-state index contributed by atoms with van der Waals surface area (Å²) in [5, 5.41) is 11.9. The SMILES string of the molecule is C=CC[C@H](O)C[C@@H](C)CCCCC(C)(C)[Si](O)(c1ccccc1)c1ccccc1. The van der Waals surface area contributed by atoms with E-state index in [4.69, 9.17) is 0 Å². The van der Waals surface area contributed by atoms with E-state index in [0.717, 1.165) is 42.5 Å². The van der Waals surface area contributed by atoms with Gasteiger partial charge in [-0.2, -0.15) is 0 Å². The fourth-order valence-corrected chi connectivity index (χ4v) is 8.20. The molecule has 0 saturated heterocycles. The van der Waals surface area contributed by atoms with Crippen molar-refractivity contribution in [1.29, 1.82) is 0 Å². The van der Waals surface area contributed by atoms with Gasteiger partial charge in [0, 0.05) is 0 Å². The number of rotatable bonds is 12. The van der Waals surface area contributed by atoms with Gasteiger partial charge in [0.25, 0.3) is 8.32 Å². The summed E-state index contributed by atoms with van der Waals surface area (Å²) >= 11 is 0. The lowest BCUT2D eigenvalue weighted by molar-refractivity contribution is 0.145. The third-order valence-electron chi connectivity index (χ3n) is 6.22. The first kappa shape index (κ1) is 23.6. The van der Waals surface area contributed by atoms with E-state index in [1.165, 1.54) is 0 Å². The zero-order valence-corrected chi connectivity index (χ0v) is 19.3. The molecule has 0 aliphatic heterocycles. The van der Waals surface area contributed by atoms with E-state index in [9.17, 15) is 9.90 Å². The summed E-state index contributed by atoms with van der Waals surface area (Å²) in [7, 11) is -2.89. The Kier molecular flexibility index (Phi) is 8.88. The van der Waals surface area contributed by atoms with Crippen LogP contribution in [0.1, 0.15) is 59.3 Å². The van der Waals surface area contributed by atoms with Crippen molar-refractivity contribution in [2.24, 2.45) is 5.92 Å². The van der Waals surface area contributed by atoms with Crippen LogP contribution in [0, 0.1) is 5.92 Å². The Balaban J connectivity index is 2.06. The first-order chi connectivity index (χ1) is 13.8. The van der Waals surface area contributed by atoms with E-state index in [1.54, 1.807) is 6.08 Å². The van der Waals surface area contributed by atoms with Gasteiger partial charge in [-0.25, -0.2) is 0 Å². The topological polar surface area (TPSA) is 40.5 Å². The summed E-state index contributed by atoms with van der Waals surface area (Å²) in [6.07, 6.45) is 7.34. The van der Waals surface area contributed by atoms with Crippen LogP contribution in [0.25, 0.3) is 0 Å². The van der Waals surface area contributed by atoms with Crippen molar-refractivity contribution >= 4 is 18.7 Å². The first-order valence-electron chi connectivity index (χ1n) is 10.9. The van der Waals surface area contributed by atoms with Crippen molar-refractivity contribution in [3.8, 4) is 0 Å². The minimum atomic E-state index is -2.89. The predicted octanol–water partition coefficient (Wildman–Crippen LogP) is 5.04. The number of aliphatic hydroxyl groups is 1. The normalized spacial score (nSPS) is 14.4. The molecule has 0 unspecified atom stereocenters. The molecule has 2 nitrogen and oxygen atoms in total. The molecule has 0 spiro atoms. The van der Waals surface area contributed by atoms with Crippen LogP contribution in [0.3, 0.4) is 0 Å².